The van der Waals surface area contributed by atoms with E-state index in [1.54, 1.807) is 0 Å². The van der Waals surface area contributed by atoms with E-state index in [1.807, 2.05) is 18.2 Å². The fraction of sp³-hybridized carbons (Fsp3) is 0.500. The zero-order valence-electron chi connectivity index (χ0n) is 8.92. The van der Waals surface area contributed by atoms with Crippen molar-refractivity contribution >= 4 is 5.69 Å². The van der Waals surface area contributed by atoms with Crippen molar-refractivity contribution in [2.75, 3.05) is 12.0 Å². The van der Waals surface area contributed by atoms with Crippen molar-refractivity contribution in [1.29, 1.82) is 0 Å². The van der Waals surface area contributed by atoms with Gasteiger partial charge in [-0.05, 0) is 18.6 Å². The van der Waals surface area contributed by atoms with Crippen LogP contribution >= 0.6 is 0 Å². The van der Waals surface area contributed by atoms with Crippen molar-refractivity contribution in [1.82, 2.24) is 5.43 Å². The van der Waals surface area contributed by atoms with Gasteiger partial charge in [-0.1, -0.05) is 44.4 Å². The Morgan fingerprint density at radius 1 is 1.00 bits per heavy atom. The minimum Gasteiger partial charge on any atom is -0.322 e. The first-order valence-corrected chi connectivity index (χ1v) is 5.47. The summed E-state index contributed by atoms with van der Waals surface area (Å²) in [7, 11) is 0. The molecule has 1 aromatic rings. The van der Waals surface area contributed by atoms with Crippen molar-refractivity contribution in [3.8, 4) is 0 Å². The van der Waals surface area contributed by atoms with Gasteiger partial charge in [0.1, 0.15) is 0 Å². The second-order valence-corrected chi connectivity index (χ2v) is 3.48. The van der Waals surface area contributed by atoms with E-state index in [1.165, 1.54) is 25.7 Å². The van der Waals surface area contributed by atoms with Crippen LogP contribution in [0.5, 0.6) is 0 Å². The van der Waals surface area contributed by atoms with Gasteiger partial charge in [-0.25, -0.2) is 5.43 Å². The lowest BCUT2D eigenvalue weighted by molar-refractivity contribution is 0.631. The van der Waals surface area contributed by atoms with Crippen LogP contribution in [0.25, 0.3) is 0 Å². The van der Waals surface area contributed by atoms with Gasteiger partial charge in [0, 0.05) is 12.2 Å². The Morgan fingerprint density at radius 2 is 1.79 bits per heavy atom. The quantitative estimate of drug-likeness (QED) is 0.512. The zero-order valence-corrected chi connectivity index (χ0v) is 8.92. The first-order valence-electron chi connectivity index (χ1n) is 5.47. The summed E-state index contributed by atoms with van der Waals surface area (Å²) in [6, 6.07) is 10.2. The van der Waals surface area contributed by atoms with E-state index in [4.69, 9.17) is 0 Å². The molecule has 0 spiro atoms. The minimum absolute atomic E-state index is 1.04. The van der Waals surface area contributed by atoms with Crippen molar-refractivity contribution < 1.29 is 0 Å². The van der Waals surface area contributed by atoms with E-state index in [9.17, 15) is 0 Å². The van der Waals surface area contributed by atoms with Gasteiger partial charge in [-0.15, -0.1) is 0 Å². The van der Waals surface area contributed by atoms with E-state index in [-0.39, 0.29) is 0 Å². The fourth-order valence-electron chi connectivity index (χ4n) is 1.33. The summed E-state index contributed by atoms with van der Waals surface area (Å²) in [6.07, 6.45) is 5.20. The van der Waals surface area contributed by atoms with Crippen LogP contribution in [0.2, 0.25) is 0 Å². The standard InChI is InChI=1S/C12H20N2/c1-2-3-4-8-11-13-14-12-9-6-5-7-10-12/h5-7,9-10,13-14H,2-4,8,11H2,1H3. The van der Waals surface area contributed by atoms with Gasteiger partial charge in [-0.3, -0.25) is 0 Å². The molecule has 2 nitrogen and oxygen atoms in total. The molecule has 78 valence electrons. The molecular formula is C12H20N2. The van der Waals surface area contributed by atoms with Gasteiger partial charge >= 0.3 is 0 Å². The summed E-state index contributed by atoms with van der Waals surface area (Å²) < 4.78 is 0. The molecule has 0 aliphatic carbocycles. The highest BCUT2D eigenvalue weighted by Gasteiger charge is 1.88. The Balaban J connectivity index is 1.99. The van der Waals surface area contributed by atoms with Crippen LogP contribution < -0.4 is 10.9 Å². The molecule has 14 heavy (non-hydrogen) atoms. The van der Waals surface area contributed by atoms with Gasteiger partial charge in [0.15, 0.2) is 0 Å². The first kappa shape index (κ1) is 11.1. The average Bonchev–Trinajstić information content (AvgIpc) is 2.25. The Hall–Kier alpha value is -1.02. The van der Waals surface area contributed by atoms with Crippen LogP contribution in [0.1, 0.15) is 32.6 Å². The van der Waals surface area contributed by atoms with E-state index in [2.05, 4.69) is 29.9 Å². The number of hydrogen-bond donors (Lipinski definition) is 2. The highest BCUT2D eigenvalue weighted by atomic mass is 15.3. The minimum atomic E-state index is 1.04. The van der Waals surface area contributed by atoms with Crippen molar-refractivity contribution in [2.24, 2.45) is 0 Å². The highest BCUT2D eigenvalue weighted by Crippen LogP contribution is 2.02. The normalized spacial score (nSPS) is 10.1. The summed E-state index contributed by atoms with van der Waals surface area (Å²) in [5.74, 6) is 0. The Bertz CT molecular complexity index is 221. The van der Waals surface area contributed by atoms with E-state index >= 15 is 0 Å². The predicted molar refractivity (Wildman–Crippen MR) is 62.2 cm³/mol. The summed E-state index contributed by atoms with van der Waals surface area (Å²) in [5, 5.41) is 0. The zero-order chi connectivity index (χ0) is 10.1. The third-order valence-corrected chi connectivity index (χ3v) is 2.16. The lowest BCUT2D eigenvalue weighted by Crippen LogP contribution is -2.22. The maximum absolute atomic E-state index is 3.21. The molecule has 0 aliphatic heterocycles. The van der Waals surface area contributed by atoms with Crippen LogP contribution in [0.4, 0.5) is 5.69 Å². The second kappa shape index (κ2) is 7.39. The SMILES string of the molecule is CCCCCCNNc1ccccc1. The molecule has 2 N–H and O–H groups in total. The molecule has 2 heteroatoms. The molecule has 1 aromatic carbocycles. The molecule has 0 bridgehead atoms. The number of nitrogens with one attached hydrogen (secondary N) is 2. The van der Waals surface area contributed by atoms with Crippen LogP contribution in [-0.4, -0.2) is 6.54 Å². The molecule has 0 fully saturated rings. The largest absolute Gasteiger partial charge is 0.322 e. The fourth-order valence-corrected chi connectivity index (χ4v) is 1.33. The number of hydrogen-bond acceptors (Lipinski definition) is 2. The average molecular weight is 192 g/mol. The summed E-state index contributed by atoms with van der Waals surface area (Å²) in [4.78, 5) is 0. The Labute approximate surface area is 86.7 Å². The second-order valence-electron chi connectivity index (χ2n) is 3.48. The van der Waals surface area contributed by atoms with Gasteiger partial charge in [-0.2, -0.15) is 0 Å². The van der Waals surface area contributed by atoms with Gasteiger partial charge in [0.2, 0.25) is 0 Å². The molecule has 0 heterocycles. The van der Waals surface area contributed by atoms with Crippen LogP contribution in [0, 0.1) is 0 Å². The van der Waals surface area contributed by atoms with E-state index in [0.29, 0.717) is 0 Å². The number of rotatable bonds is 7. The third-order valence-electron chi connectivity index (χ3n) is 2.16. The Morgan fingerprint density at radius 3 is 2.50 bits per heavy atom. The number of anilines is 1. The topological polar surface area (TPSA) is 24.1 Å². The molecule has 0 saturated carbocycles. The van der Waals surface area contributed by atoms with Crippen LogP contribution in [-0.2, 0) is 0 Å². The van der Waals surface area contributed by atoms with Crippen molar-refractivity contribution in [2.45, 2.75) is 32.6 Å². The molecule has 0 aliphatic rings. The summed E-state index contributed by atoms with van der Waals surface area (Å²) in [5.41, 5.74) is 7.51. The van der Waals surface area contributed by atoms with E-state index in [0.717, 1.165) is 12.2 Å². The number of benzene rings is 1. The molecule has 0 unspecified atom stereocenters. The molecule has 0 radical (unpaired) electrons. The molecule has 0 saturated heterocycles. The molecule has 0 atom stereocenters. The number of hydrazine groups is 1. The van der Waals surface area contributed by atoms with Crippen LogP contribution in [0.15, 0.2) is 30.3 Å². The molecule has 1 rings (SSSR count). The monoisotopic (exact) mass is 192 g/mol. The van der Waals surface area contributed by atoms with E-state index < -0.39 is 0 Å². The predicted octanol–water partition coefficient (Wildman–Crippen LogP) is 3.18. The molecular weight excluding hydrogens is 172 g/mol. The van der Waals surface area contributed by atoms with Crippen molar-refractivity contribution in [3.63, 3.8) is 0 Å². The molecule has 0 amide bonds. The lowest BCUT2D eigenvalue weighted by atomic mass is 10.2. The lowest BCUT2D eigenvalue weighted by Gasteiger charge is -2.07. The summed E-state index contributed by atoms with van der Waals surface area (Å²) >= 11 is 0. The third kappa shape index (κ3) is 4.87. The van der Waals surface area contributed by atoms with Gasteiger partial charge < -0.3 is 5.43 Å². The van der Waals surface area contributed by atoms with Gasteiger partial charge in [0.25, 0.3) is 0 Å². The summed E-state index contributed by atoms with van der Waals surface area (Å²) in [6.45, 7) is 3.27. The Kier molecular flexibility index (Phi) is 5.84. The maximum atomic E-state index is 3.21. The van der Waals surface area contributed by atoms with Crippen LogP contribution in [0.3, 0.4) is 0 Å². The number of para-hydroxylation sites is 1. The smallest absolute Gasteiger partial charge is 0.0487 e. The first-order chi connectivity index (χ1) is 6.93. The number of unbranched alkanes of at least 4 members (excludes halogenated alkanes) is 3. The molecule has 0 aromatic heterocycles. The van der Waals surface area contributed by atoms with Crippen molar-refractivity contribution in [3.05, 3.63) is 30.3 Å². The highest BCUT2D eigenvalue weighted by molar-refractivity contribution is 5.41. The van der Waals surface area contributed by atoms with Gasteiger partial charge in [0.05, 0.1) is 0 Å². The maximum Gasteiger partial charge on any atom is 0.0487 e.